The molecular weight excluding hydrogens is 414 g/mol. The number of anilines is 1. The third kappa shape index (κ3) is 2.94. The Morgan fingerprint density at radius 1 is 1.11 bits per heavy atom. The van der Waals surface area contributed by atoms with E-state index in [1.807, 2.05) is 11.0 Å². The Hall–Kier alpha value is -1.01. The summed E-state index contributed by atoms with van der Waals surface area (Å²) < 4.78 is 28.0. The summed E-state index contributed by atoms with van der Waals surface area (Å²) in [5.74, 6) is -0.0526. The number of likely N-dealkylation sites (tertiary alicyclic amines) is 1. The van der Waals surface area contributed by atoms with E-state index in [1.54, 1.807) is 13.8 Å². The van der Waals surface area contributed by atoms with E-state index in [-0.39, 0.29) is 23.1 Å². The van der Waals surface area contributed by atoms with Gasteiger partial charge in [-0.15, -0.1) is 0 Å². The lowest BCUT2D eigenvalue weighted by Gasteiger charge is -2.55. The van der Waals surface area contributed by atoms with E-state index in [4.69, 9.17) is 0 Å². The van der Waals surface area contributed by atoms with E-state index in [0.717, 1.165) is 25.9 Å². The van der Waals surface area contributed by atoms with Crippen LogP contribution >= 0.6 is 15.9 Å². The summed E-state index contributed by atoms with van der Waals surface area (Å²) >= 11 is 3.36. The van der Waals surface area contributed by atoms with Gasteiger partial charge < -0.3 is 4.90 Å². The van der Waals surface area contributed by atoms with Crippen molar-refractivity contribution in [3.63, 3.8) is 0 Å². The molecule has 6 heteroatoms. The van der Waals surface area contributed by atoms with E-state index in [9.17, 15) is 13.6 Å². The molecule has 2 fully saturated rings. The fourth-order valence-electron chi connectivity index (χ4n) is 5.37. The monoisotopic (exact) mass is 440 g/mol. The second-order valence-corrected chi connectivity index (χ2v) is 10.0. The Bertz CT molecular complexity index is 768. The molecule has 3 nitrogen and oxygen atoms in total. The third-order valence-electron chi connectivity index (χ3n) is 6.82. The summed E-state index contributed by atoms with van der Waals surface area (Å²) in [6.07, 6.45) is 3.00. The Balaban J connectivity index is 1.66. The highest BCUT2D eigenvalue weighted by atomic mass is 79.9. The van der Waals surface area contributed by atoms with Crippen LogP contribution in [0.3, 0.4) is 0 Å². The second-order valence-electron chi connectivity index (χ2n) is 9.10. The predicted molar refractivity (Wildman–Crippen MR) is 106 cm³/mol. The molecule has 0 radical (unpaired) electrons. The van der Waals surface area contributed by atoms with Crippen LogP contribution in [0, 0.1) is 0 Å². The van der Waals surface area contributed by atoms with Crippen LogP contribution < -0.4 is 4.90 Å². The van der Waals surface area contributed by atoms with Gasteiger partial charge in [0, 0.05) is 27.3 Å². The number of hydrogen-bond donors (Lipinski definition) is 0. The highest BCUT2D eigenvalue weighted by molar-refractivity contribution is 9.10. The number of piperidine rings is 1. The van der Waals surface area contributed by atoms with Crippen molar-refractivity contribution in [2.45, 2.75) is 76.3 Å². The van der Waals surface area contributed by atoms with Gasteiger partial charge in [0.15, 0.2) is 0 Å². The number of amides is 1. The first kappa shape index (κ1) is 19.3. The maximum absolute atomic E-state index is 13.7. The first-order valence-corrected chi connectivity index (χ1v) is 10.7. The molecule has 0 N–H and O–H groups in total. The zero-order chi connectivity index (χ0) is 19.6. The van der Waals surface area contributed by atoms with Crippen molar-refractivity contribution in [3.05, 3.63) is 27.7 Å². The van der Waals surface area contributed by atoms with Crippen molar-refractivity contribution < 1.29 is 13.6 Å². The Morgan fingerprint density at radius 2 is 1.74 bits per heavy atom. The average Bonchev–Trinajstić information content (AvgIpc) is 2.78. The molecule has 0 aromatic heterocycles. The molecule has 0 spiro atoms. The van der Waals surface area contributed by atoms with Crippen LogP contribution in [-0.4, -0.2) is 35.5 Å². The Labute approximate surface area is 168 Å². The van der Waals surface area contributed by atoms with Gasteiger partial charge in [-0.25, -0.2) is 8.78 Å². The standard InChI is InChI=1S/C21H27BrF2N2O/c1-20(2)17-15(18(23)24)9-13(22)10-16(17)26(19(20)27)14-11-21(3,12-14)25-7-5-4-6-8-25/h9-10,14,18H,4-8,11-12H2,1-3H3/t14-,21+. The molecule has 1 aromatic carbocycles. The molecule has 1 saturated carbocycles. The normalized spacial score (nSPS) is 30.6. The molecule has 1 aromatic rings. The molecule has 0 bridgehead atoms. The molecule has 2 aliphatic heterocycles. The van der Waals surface area contributed by atoms with Crippen molar-refractivity contribution >= 4 is 27.5 Å². The van der Waals surface area contributed by atoms with Crippen LogP contribution in [0.2, 0.25) is 0 Å². The molecular formula is C21H27BrF2N2O. The van der Waals surface area contributed by atoms with Crippen LogP contribution in [-0.2, 0) is 10.2 Å². The Kier molecular flexibility index (Phi) is 4.66. The van der Waals surface area contributed by atoms with Gasteiger partial charge in [-0.1, -0.05) is 22.4 Å². The Morgan fingerprint density at radius 3 is 2.33 bits per heavy atom. The first-order valence-electron chi connectivity index (χ1n) is 9.86. The molecule has 1 aliphatic carbocycles. The number of rotatable bonds is 3. The molecule has 0 atom stereocenters. The summed E-state index contributed by atoms with van der Waals surface area (Å²) in [7, 11) is 0. The lowest BCUT2D eigenvalue weighted by Crippen LogP contribution is -2.64. The highest BCUT2D eigenvalue weighted by Crippen LogP contribution is 2.52. The van der Waals surface area contributed by atoms with E-state index in [1.165, 1.54) is 25.3 Å². The number of carbonyl (C=O) groups excluding carboxylic acids is 1. The highest BCUT2D eigenvalue weighted by Gasteiger charge is 2.55. The molecule has 3 aliphatic rings. The molecule has 0 unspecified atom stereocenters. The number of hydrogen-bond acceptors (Lipinski definition) is 2. The third-order valence-corrected chi connectivity index (χ3v) is 7.28. The largest absolute Gasteiger partial charge is 0.308 e. The average molecular weight is 441 g/mol. The van der Waals surface area contributed by atoms with Gasteiger partial charge in [0.05, 0.1) is 5.41 Å². The topological polar surface area (TPSA) is 23.6 Å². The minimum absolute atomic E-state index is 0.0293. The van der Waals surface area contributed by atoms with E-state index in [2.05, 4.69) is 27.8 Å². The minimum Gasteiger partial charge on any atom is -0.308 e. The minimum atomic E-state index is -2.59. The van der Waals surface area contributed by atoms with E-state index in [0.29, 0.717) is 15.7 Å². The van der Waals surface area contributed by atoms with Crippen LogP contribution in [0.5, 0.6) is 0 Å². The van der Waals surface area contributed by atoms with Gasteiger partial charge in [0.2, 0.25) is 5.91 Å². The van der Waals surface area contributed by atoms with Crippen molar-refractivity contribution in [1.82, 2.24) is 4.90 Å². The van der Waals surface area contributed by atoms with Gasteiger partial charge in [0.25, 0.3) is 6.43 Å². The summed E-state index contributed by atoms with van der Waals surface area (Å²) in [4.78, 5) is 17.6. The van der Waals surface area contributed by atoms with Crippen LogP contribution in [0.4, 0.5) is 14.5 Å². The second kappa shape index (κ2) is 6.51. The van der Waals surface area contributed by atoms with Gasteiger partial charge >= 0.3 is 0 Å². The summed E-state index contributed by atoms with van der Waals surface area (Å²) in [6, 6.07) is 3.38. The van der Waals surface area contributed by atoms with Crippen molar-refractivity contribution in [3.8, 4) is 0 Å². The number of nitrogens with zero attached hydrogens (tertiary/aromatic N) is 2. The predicted octanol–water partition coefficient (Wildman–Crippen LogP) is 5.42. The number of benzene rings is 1. The van der Waals surface area contributed by atoms with Gasteiger partial charge in [-0.05, 0) is 77.2 Å². The van der Waals surface area contributed by atoms with Gasteiger partial charge in [0.1, 0.15) is 0 Å². The van der Waals surface area contributed by atoms with Crippen molar-refractivity contribution in [2.75, 3.05) is 18.0 Å². The smallest absolute Gasteiger partial charge is 0.264 e. The molecule has 148 valence electrons. The number of carbonyl (C=O) groups is 1. The lowest BCUT2D eigenvalue weighted by molar-refractivity contribution is -0.123. The summed E-state index contributed by atoms with van der Waals surface area (Å²) in [6.45, 7) is 8.08. The molecule has 1 amide bonds. The molecule has 4 rings (SSSR count). The number of halogens is 3. The first-order chi connectivity index (χ1) is 12.6. The van der Waals surface area contributed by atoms with E-state index < -0.39 is 11.8 Å². The van der Waals surface area contributed by atoms with Gasteiger partial charge in [-0.2, -0.15) is 0 Å². The number of fused-ring (bicyclic) bond motifs is 1. The van der Waals surface area contributed by atoms with Crippen molar-refractivity contribution in [2.24, 2.45) is 0 Å². The van der Waals surface area contributed by atoms with Crippen molar-refractivity contribution in [1.29, 1.82) is 0 Å². The summed E-state index contributed by atoms with van der Waals surface area (Å²) in [5, 5.41) is 0. The lowest BCUT2D eigenvalue weighted by atomic mass is 9.71. The molecule has 2 heterocycles. The maximum Gasteiger partial charge on any atom is 0.264 e. The van der Waals surface area contributed by atoms with Crippen LogP contribution in [0.1, 0.15) is 70.4 Å². The zero-order valence-corrected chi connectivity index (χ0v) is 17.8. The SMILES string of the molecule is CC1(C)C(=O)N([C@H]2C[C@@](C)(N3CCCCC3)C2)c2cc(Br)cc(C(F)F)c21. The maximum atomic E-state index is 13.7. The van der Waals surface area contributed by atoms with Crippen LogP contribution in [0.25, 0.3) is 0 Å². The fraction of sp³-hybridized carbons (Fsp3) is 0.667. The molecule has 27 heavy (non-hydrogen) atoms. The fourth-order valence-corrected chi connectivity index (χ4v) is 5.83. The zero-order valence-electron chi connectivity index (χ0n) is 16.2. The van der Waals surface area contributed by atoms with Gasteiger partial charge in [-0.3, -0.25) is 9.69 Å². The molecule has 1 saturated heterocycles. The quantitative estimate of drug-likeness (QED) is 0.626. The number of alkyl halides is 2. The van der Waals surface area contributed by atoms with E-state index >= 15 is 0 Å². The van der Waals surface area contributed by atoms with Crippen LogP contribution in [0.15, 0.2) is 16.6 Å². The summed E-state index contributed by atoms with van der Waals surface area (Å²) in [5.41, 5.74) is 0.338.